The minimum absolute atomic E-state index is 0.0205. The molecule has 2 heteroatoms. The highest BCUT2D eigenvalue weighted by molar-refractivity contribution is 5.86. The average Bonchev–Trinajstić information content (AvgIpc) is 2.15. The monoisotopic (exact) mass is 190 g/mol. The number of aliphatic hydroxyl groups excluding tert-OH is 1. The molecule has 1 aliphatic rings. The number of terminal acetylenes is 2. The molecule has 1 rings (SSSR count). The van der Waals surface area contributed by atoms with E-state index in [0.29, 0.717) is 12.8 Å². The predicted molar refractivity (Wildman–Crippen MR) is 54.2 cm³/mol. The van der Waals surface area contributed by atoms with Crippen molar-refractivity contribution in [3.8, 4) is 24.7 Å². The number of hydrogen-bond donors (Lipinski definition) is 1. The minimum atomic E-state index is -0.859. The zero-order valence-electron chi connectivity index (χ0n) is 8.12. The highest BCUT2D eigenvalue weighted by atomic mass is 16.3. The molecule has 0 aromatic heterocycles. The van der Waals surface area contributed by atoms with Crippen LogP contribution in [-0.4, -0.2) is 17.0 Å². The Morgan fingerprint density at radius 3 is 2.43 bits per heavy atom. The van der Waals surface area contributed by atoms with Gasteiger partial charge in [-0.3, -0.25) is 4.79 Å². The predicted octanol–water partition coefficient (Wildman–Crippen LogP) is 1.13. The summed E-state index contributed by atoms with van der Waals surface area (Å²) in [6, 6.07) is 0. The van der Waals surface area contributed by atoms with Crippen LogP contribution in [0.15, 0.2) is 0 Å². The molecule has 1 saturated carbocycles. The van der Waals surface area contributed by atoms with Crippen LogP contribution in [0.1, 0.15) is 32.1 Å². The molecule has 0 unspecified atom stereocenters. The van der Waals surface area contributed by atoms with Crippen LogP contribution in [0.3, 0.4) is 0 Å². The summed E-state index contributed by atoms with van der Waals surface area (Å²) in [6.45, 7) is 0. The summed E-state index contributed by atoms with van der Waals surface area (Å²) in [7, 11) is 0. The fourth-order valence-corrected chi connectivity index (χ4v) is 2.03. The van der Waals surface area contributed by atoms with Gasteiger partial charge in [-0.1, -0.05) is 0 Å². The SMILES string of the molecule is C#CCC1(CC#C)C(=O)CCC[C@@H]1O. The maximum absolute atomic E-state index is 11.8. The molecular weight excluding hydrogens is 176 g/mol. The Morgan fingerprint density at radius 1 is 1.43 bits per heavy atom. The number of carbonyl (C=O) groups excluding carboxylic acids is 1. The van der Waals surface area contributed by atoms with Gasteiger partial charge in [0, 0.05) is 19.3 Å². The molecule has 1 atom stereocenters. The van der Waals surface area contributed by atoms with Gasteiger partial charge in [0.2, 0.25) is 0 Å². The number of ketones is 1. The molecule has 0 aromatic carbocycles. The van der Waals surface area contributed by atoms with Crippen molar-refractivity contribution in [1.29, 1.82) is 0 Å². The van der Waals surface area contributed by atoms with E-state index in [0.717, 1.165) is 6.42 Å². The van der Waals surface area contributed by atoms with Crippen molar-refractivity contribution in [3.05, 3.63) is 0 Å². The highest BCUT2D eigenvalue weighted by Gasteiger charge is 2.45. The maximum atomic E-state index is 11.8. The van der Waals surface area contributed by atoms with Gasteiger partial charge in [-0.2, -0.15) is 0 Å². The number of carbonyl (C=O) groups is 1. The first kappa shape index (κ1) is 10.8. The second kappa shape index (κ2) is 4.31. The van der Waals surface area contributed by atoms with Crippen molar-refractivity contribution < 1.29 is 9.90 Å². The van der Waals surface area contributed by atoms with Crippen LogP contribution in [0, 0.1) is 30.1 Å². The van der Waals surface area contributed by atoms with Crippen LogP contribution >= 0.6 is 0 Å². The van der Waals surface area contributed by atoms with Crippen LogP contribution in [0.5, 0.6) is 0 Å². The van der Waals surface area contributed by atoms with Crippen LogP contribution in [0.4, 0.5) is 0 Å². The third-order valence-electron chi connectivity index (χ3n) is 2.91. The van der Waals surface area contributed by atoms with Gasteiger partial charge in [0.25, 0.3) is 0 Å². The van der Waals surface area contributed by atoms with Crippen molar-refractivity contribution in [2.75, 3.05) is 0 Å². The summed E-state index contributed by atoms with van der Waals surface area (Å²) in [5.74, 6) is 4.92. The summed E-state index contributed by atoms with van der Waals surface area (Å²) < 4.78 is 0. The molecule has 0 amide bonds. The van der Waals surface area contributed by atoms with Gasteiger partial charge in [0.15, 0.2) is 0 Å². The normalized spacial score (nSPS) is 25.1. The highest BCUT2D eigenvalue weighted by Crippen LogP contribution is 2.39. The van der Waals surface area contributed by atoms with Crippen molar-refractivity contribution in [1.82, 2.24) is 0 Å². The smallest absolute Gasteiger partial charge is 0.143 e. The first-order chi connectivity index (χ1) is 6.67. The van der Waals surface area contributed by atoms with E-state index in [-0.39, 0.29) is 18.6 Å². The van der Waals surface area contributed by atoms with Crippen molar-refractivity contribution in [3.63, 3.8) is 0 Å². The molecule has 1 N–H and O–H groups in total. The summed E-state index contributed by atoms with van der Waals surface area (Å²) in [6.07, 6.45) is 12.1. The van der Waals surface area contributed by atoms with E-state index < -0.39 is 11.5 Å². The van der Waals surface area contributed by atoms with Crippen LogP contribution < -0.4 is 0 Å². The van der Waals surface area contributed by atoms with Gasteiger partial charge >= 0.3 is 0 Å². The molecule has 0 heterocycles. The molecule has 2 nitrogen and oxygen atoms in total. The molecule has 74 valence electrons. The quantitative estimate of drug-likeness (QED) is 0.663. The minimum Gasteiger partial charge on any atom is -0.392 e. The van der Waals surface area contributed by atoms with Gasteiger partial charge in [-0.05, 0) is 12.8 Å². The van der Waals surface area contributed by atoms with E-state index in [2.05, 4.69) is 11.8 Å². The standard InChI is InChI=1S/C12H14O2/c1-3-8-12(9-4-2)10(13)6-5-7-11(12)14/h1-2,10,13H,5-9H2/t10-/m0/s1. The number of rotatable bonds is 2. The topological polar surface area (TPSA) is 37.3 Å². The Kier molecular flexibility index (Phi) is 3.33. The van der Waals surface area contributed by atoms with Crippen LogP contribution in [-0.2, 0) is 4.79 Å². The van der Waals surface area contributed by atoms with E-state index in [1.165, 1.54) is 0 Å². The molecule has 0 aliphatic heterocycles. The van der Waals surface area contributed by atoms with E-state index in [4.69, 9.17) is 12.8 Å². The first-order valence-electron chi connectivity index (χ1n) is 4.75. The fourth-order valence-electron chi connectivity index (χ4n) is 2.03. The van der Waals surface area contributed by atoms with E-state index in [1.807, 2.05) is 0 Å². The van der Waals surface area contributed by atoms with Gasteiger partial charge in [-0.15, -0.1) is 24.7 Å². The van der Waals surface area contributed by atoms with E-state index in [9.17, 15) is 9.90 Å². The lowest BCUT2D eigenvalue weighted by Crippen LogP contribution is -2.45. The maximum Gasteiger partial charge on any atom is 0.143 e. The lowest BCUT2D eigenvalue weighted by Gasteiger charge is -2.37. The average molecular weight is 190 g/mol. The number of Topliss-reactive ketones (excluding diaryl/α,β-unsaturated/α-hetero) is 1. The molecule has 0 spiro atoms. The van der Waals surface area contributed by atoms with Crippen LogP contribution in [0.25, 0.3) is 0 Å². The fraction of sp³-hybridized carbons (Fsp3) is 0.583. The van der Waals surface area contributed by atoms with Crippen molar-refractivity contribution in [2.24, 2.45) is 5.41 Å². The summed E-state index contributed by atoms with van der Waals surface area (Å²) in [4.78, 5) is 11.8. The molecule has 1 fully saturated rings. The number of hydrogen-bond acceptors (Lipinski definition) is 2. The van der Waals surface area contributed by atoms with Gasteiger partial charge < -0.3 is 5.11 Å². The Labute approximate surface area is 84.7 Å². The zero-order chi connectivity index (χ0) is 10.6. The Bertz CT molecular complexity index is 287. The molecule has 1 aliphatic carbocycles. The lowest BCUT2D eigenvalue weighted by atomic mass is 9.67. The van der Waals surface area contributed by atoms with Crippen molar-refractivity contribution >= 4 is 5.78 Å². The third kappa shape index (κ3) is 1.67. The first-order valence-corrected chi connectivity index (χ1v) is 4.75. The second-order valence-electron chi connectivity index (χ2n) is 3.75. The van der Waals surface area contributed by atoms with E-state index >= 15 is 0 Å². The van der Waals surface area contributed by atoms with Crippen molar-refractivity contribution in [2.45, 2.75) is 38.2 Å². The second-order valence-corrected chi connectivity index (χ2v) is 3.75. The molecule has 14 heavy (non-hydrogen) atoms. The lowest BCUT2D eigenvalue weighted by molar-refractivity contribution is -0.139. The van der Waals surface area contributed by atoms with E-state index in [1.54, 1.807) is 0 Å². The Balaban J connectivity index is 2.97. The molecule has 0 radical (unpaired) electrons. The summed E-state index contributed by atoms with van der Waals surface area (Å²) >= 11 is 0. The Morgan fingerprint density at radius 2 is 2.00 bits per heavy atom. The molecule has 0 saturated heterocycles. The summed E-state index contributed by atoms with van der Waals surface area (Å²) in [5, 5.41) is 9.84. The van der Waals surface area contributed by atoms with Gasteiger partial charge in [-0.25, -0.2) is 0 Å². The third-order valence-corrected chi connectivity index (χ3v) is 2.91. The Hall–Kier alpha value is -1.25. The largest absolute Gasteiger partial charge is 0.392 e. The van der Waals surface area contributed by atoms with Gasteiger partial charge in [0.05, 0.1) is 11.5 Å². The molecule has 0 bridgehead atoms. The van der Waals surface area contributed by atoms with Gasteiger partial charge in [0.1, 0.15) is 5.78 Å². The number of aliphatic hydroxyl groups is 1. The van der Waals surface area contributed by atoms with Crippen LogP contribution in [0.2, 0.25) is 0 Å². The molecular formula is C12H14O2. The summed E-state index contributed by atoms with van der Waals surface area (Å²) in [5.41, 5.74) is -0.859. The molecule has 0 aromatic rings. The zero-order valence-corrected chi connectivity index (χ0v) is 8.12.